The van der Waals surface area contributed by atoms with E-state index in [4.69, 9.17) is 5.73 Å². The topological polar surface area (TPSA) is 72.2 Å². The molecule has 2 aromatic rings. The van der Waals surface area contributed by atoms with Crippen LogP contribution in [0.1, 0.15) is 31.8 Å². The number of nitrogens with two attached hydrogens (primary N) is 1. The molecule has 0 heterocycles. The minimum atomic E-state index is -0.521. The molecule has 0 bridgehead atoms. The van der Waals surface area contributed by atoms with E-state index in [0.717, 1.165) is 11.1 Å². The number of carbonyl (C=O) groups is 2. The highest BCUT2D eigenvalue weighted by atomic mass is 16.2. The van der Waals surface area contributed by atoms with Gasteiger partial charge in [-0.1, -0.05) is 12.1 Å². The molecule has 0 aromatic heterocycles. The molecule has 0 radical (unpaired) electrons. The molecule has 0 saturated carbocycles. The number of anilines is 1. The molecule has 0 spiro atoms. The lowest BCUT2D eigenvalue weighted by Crippen LogP contribution is -2.14. The van der Waals surface area contributed by atoms with E-state index >= 15 is 0 Å². The Bertz CT molecular complexity index is 678. The van der Waals surface area contributed by atoms with Crippen molar-refractivity contribution in [2.75, 3.05) is 5.32 Å². The van der Waals surface area contributed by atoms with Crippen molar-refractivity contribution in [3.8, 4) is 0 Å². The van der Waals surface area contributed by atoms with E-state index in [1.54, 1.807) is 30.3 Å². The number of rotatable bonds is 3. The normalized spacial score (nSPS) is 10.1. The third-order valence-corrected chi connectivity index (χ3v) is 3.17. The largest absolute Gasteiger partial charge is 0.366 e. The van der Waals surface area contributed by atoms with E-state index in [-0.39, 0.29) is 5.91 Å². The summed E-state index contributed by atoms with van der Waals surface area (Å²) in [5, 5.41) is 2.75. The van der Waals surface area contributed by atoms with Crippen molar-refractivity contribution < 1.29 is 9.59 Å². The number of aryl methyl sites for hydroxylation is 2. The van der Waals surface area contributed by atoms with E-state index < -0.39 is 5.91 Å². The average Bonchev–Trinajstić information content (AvgIpc) is 2.42. The molecule has 0 aliphatic carbocycles. The minimum absolute atomic E-state index is 0.213. The Hall–Kier alpha value is -2.62. The van der Waals surface area contributed by atoms with Gasteiger partial charge in [-0.15, -0.1) is 0 Å². The van der Waals surface area contributed by atoms with E-state index in [1.807, 2.05) is 26.0 Å². The SMILES string of the molecule is Cc1ccc(C(=O)Nc2cccc(C(N)=O)c2)cc1C. The van der Waals surface area contributed by atoms with Crippen LogP contribution in [0.15, 0.2) is 42.5 Å². The third kappa shape index (κ3) is 3.03. The van der Waals surface area contributed by atoms with Gasteiger partial charge in [-0.2, -0.15) is 0 Å². The predicted molar refractivity (Wildman–Crippen MR) is 78.8 cm³/mol. The Balaban J connectivity index is 2.21. The number of amides is 2. The Morgan fingerprint density at radius 2 is 1.70 bits per heavy atom. The third-order valence-electron chi connectivity index (χ3n) is 3.17. The second-order valence-electron chi connectivity index (χ2n) is 4.70. The van der Waals surface area contributed by atoms with Gasteiger partial charge in [0.05, 0.1) is 0 Å². The van der Waals surface area contributed by atoms with Crippen LogP contribution in [0.25, 0.3) is 0 Å². The monoisotopic (exact) mass is 268 g/mol. The average molecular weight is 268 g/mol. The van der Waals surface area contributed by atoms with Crippen LogP contribution < -0.4 is 11.1 Å². The lowest BCUT2D eigenvalue weighted by atomic mass is 10.1. The molecule has 0 aliphatic rings. The van der Waals surface area contributed by atoms with Gasteiger partial charge < -0.3 is 11.1 Å². The summed E-state index contributed by atoms with van der Waals surface area (Å²) in [6, 6.07) is 12.1. The molecule has 0 saturated heterocycles. The van der Waals surface area contributed by atoms with Gasteiger partial charge in [-0.25, -0.2) is 0 Å². The number of carbonyl (C=O) groups excluding carboxylic acids is 2. The van der Waals surface area contributed by atoms with Gasteiger partial charge in [0.2, 0.25) is 5.91 Å². The van der Waals surface area contributed by atoms with Crippen LogP contribution in [-0.2, 0) is 0 Å². The first-order valence-electron chi connectivity index (χ1n) is 6.26. The molecular formula is C16H16N2O2. The maximum atomic E-state index is 12.1. The summed E-state index contributed by atoms with van der Waals surface area (Å²) in [7, 11) is 0. The first kappa shape index (κ1) is 13.8. The van der Waals surface area contributed by atoms with Gasteiger partial charge in [0, 0.05) is 16.8 Å². The summed E-state index contributed by atoms with van der Waals surface area (Å²) >= 11 is 0. The van der Waals surface area contributed by atoms with Crippen LogP contribution in [0.4, 0.5) is 5.69 Å². The van der Waals surface area contributed by atoms with Crippen molar-refractivity contribution in [3.63, 3.8) is 0 Å². The molecule has 20 heavy (non-hydrogen) atoms. The zero-order chi connectivity index (χ0) is 14.7. The fraction of sp³-hybridized carbons (Fsp3) is 0.125. The summed E-state index contributed by atoms with van der Waals surface area (Å²) in [6.45, 7) is 3.95. The maximum absolute atomic E-state index is 12.1. The molecule has 0 unspecified atom stereocenters. The predicted octanol–water partition coefficient (Wildman–Crippen LogP) is 2.65. The number of hydrogen-bond acceptors (Lipinski definition) is 2. The maximum Gasteiger partial charge on any atom is 0.255 e. The molecule has 4 nitrogen and oxygen atoms in total. The highest BCUT2D eigenvalue weighted by Crippen LogP contribution is 2.14. The van der Waals surface area contributed by atoms with E-state index in [2.05, 4.69) is 5.32 Å². The van der Waals surface area contributed by atoms with Crippen molar-refractivity contribution in [2.45, 2.75) is 13.8 Å². The first-order valence-corrected chi connectivity index (χ1v) is 6.26. The van der Waals surface area contributed by atoms with Gasteiger partial charge in [-0.3, -0.25) is 9.59 Å². The smallest absolute Gasteiger partial charge is 0.255 e. The van der Waals surface area contributed by atoms with Crippen molar-refractivity contribution in [1.29, 1.82) is 0 Å². The van der Waals surface area contributed by atoms with E-state index in [9.17, 15) is 9.59 Å². The molecule has 4 heteroatoms. The molecule has 0 atom stereocenters. The van der Waals surface area contributed by atoms with Crippen molar-refractivity contribution in [2.24, 2.45) is 5.73 Å². The van der Waals surface area contributed by atoms with Gasteiger partial charge in [-0.05, 0) is 55.3 Å². The fourth-order valence-electron chi connectivity index (χ4n) is 1.84. The summed E-state index contributed by atoms with van der Waals surface area (Å²) in [5.74, 6) is -0.734. The number of nitrogens with one attached hydrogen (secondary N) is 1. The lowest BCUT2D eigenvalue weighted by molar-refractivity contribution is 0.0996. The molecule has 2 rings (SSSR count). The molecule has 0 aliphatic heterocycles. The summed E-state index contributed by atoms with van der Waals surface area (Å²) in [5.41, 5.74) is 8.90. The Kier molecular flexibility index (Phi) is 3.84. The van der Waals surface area contributed by atoms with Crippen molar-refractivity contribution in [1.82, 2.24) is 0 Å². The lowest BCUT2D eigenvalue weighted by Gasteiger charge is -2.08. The summed E-state index contributed by atoms with van der Waals surface area (Å²) in [4.78, 5) is 23.2. The second kappa shape index (κ2) is 5.57. The molecule has 0 fully saturated rings. The zero-order valence-corrected chi connectivity index (χ0v) is 11.4. The van der Waals surface area contributed by atoms with Gasteiger partial charge in [0.25, 0.3) is 5.91 Å². The minimum Gasteiger partial charge on any atom is -0.366 e. The van der Waals surface area contributed by atoms with Crippen molar-refractivity contribution in [3.05, 3.63) is 64.7 Å². The standard InChI is InChI=1S/C16H16N2O2/c1-10-6-7-13(8-11(10)2)16(20)18-14-5-3-4-12(9-14)15(17)19/h3-9H,1-2H3,(H2,17,19)(H,18,20). The second-order valence-corrected chi connectivity index (χ2v) is 4.70. The van der Waals surface area contributed by atoms with E-state index in [0.29, 0.717) is 16.8 Å². The summed E-state index contributed by atoms with van der Waals surface area (Å²) in [6.07, 6.45) is 0. The number of hydrogen-bond donors (Lipinski definition) is 2. The fourth-order valence-corrected chi connectivity index (χ4v) is 1.84. The van der Waals surface area contributed by atoms with E-state index in [1.165, 1.54) is 0 Å². The van der Waals surface area contributed by atoms with Crippen LogP contribution in [-0.4, -0.2) is 11.8 Å². The van der Waals surface area contributed by atoms with Crippen LogP contribution in [0.2, 0.25) is 0 Å². The number of primary amides is 1. The van der Waals surface area contributed by atoms with Crippen LogP contribution in [0, 0.1) is 13.8 Å². The highest BCUT2D eigenvalue weighted by Gasteiger charge is 2.08. The Labute approximate surface area is 117 Å². The zero-order valence-electron chi connectivity index (χ0n) is 11.4. The van der Waals surface area contributed by atoms with Crippen LogP contribution in [0.5, 0.6) is 0 Å². The molecule has 102 valence electrons. The van der Waals surface area contributed by atoms with Gasteiger partial charge in [0.15, 0.2) is 0 Å². The van der Waals surface area contributed by atoms with Gasteiger partial charge >= 0.3 is 0 Å². The Morgan fingerprint density at radius 3 is 2.35 bits per heavy atom. The quantitative estimate of drug-likeness (QED) is 0.898. The Morgan fingerprint density at radius 1 is 0.950 bits per heavy atom. The molecule has 2 aromatic carbocycles. The van der Waals surface area contributed by atoms with Gasteiger partial charge in [0.1, 0.15) is 0 Å². The van der Waals surface area contributed by atoms with Crippen molar-refractivity contribution >= 4 is 17.5 Å². The number of benzene rings is 2. The highest BCUT2D eigenvalue weighted by molar-refractivity contribution is 6.05. The molecule has 2 amide bonds. The summed E-state index contributed by atoms with van der Waals surface area (Å²) < 4.78 is 0. The molecule has 3 N–H and O–H groups in total. The first-order chi connectivity index (χ1) is 9.47. The van der Waals surface area contributed by atoms with Crippen LogP contribution >= 0.6 is 0 Å². The van der Waals surface area contributed by atoms with Crippen LogP contribution in [0.3, 0.4) is 0 Å². The molecular weight excluding hydrogens is 252 g/mol.